The number of para-hydroxylation sites is 1. The van der Waals surface area contributed by atoms with E-state index in [1.807, 2.05) is 36.4 Å². The van der Waals surface area contributed by atoms with Gasteiger partial charge in [0.1, 0.15) is 11.1 Å². The Kier molecular flexibility index (Phi) is 6.25. The number of nitrogens with one attached hydrogen (secondary N) is 1. The molecule has 0 aliphatic heterocycles. The first-order chi connectivity index (χ1) is 18.9. The van der Waals surface area contributed by atoms with E-state index in [4.69, 9.17) is 20.4 Å². The van der Waals surface area contributed by atoms with Crippen LogP contribution in [0.2, 0.25) is 5.02 Å². The third-order valence-electron chi connectivity index (χ3n) is 6.62. The van der Waals surface area contributed by atoms with Gasteiger partial charge in [0.05, 0.1) is 16.3 Å². The van der Waals surface area contributed by atoms with Crippen molar-refractivity contribution in [3.63, 3.8) is 0 Å². The number of hydrogen-bond acceptors (Lipinski definition) is 5. The van der Waals surface area contributed by atoms with Crippen molar-refractivity contribution in [2.45, 2.75) is 19.8 Å². The molecule has 0 fully saturated rings. The van der Waals surface area contributed by atoms with Crippen LogP contribution in [-0.4, -0.2) is 10.9 Å². The fourth-order valence-electron chi connectivity index (χ4n) is 4.47. The van der Waals surface area contributed by atoms with Crippen LogP contribution in [0.5, 0.6) is 0 Å². The molecule has 0 unspecified atom stereocenters. The molecule has 0 aliphatic rings. The topological polar surface area (TPSA) is 85.3 Å². The number of hydrogen-bond donors (Lipinski definition) is 1. The van der Waals surface area contributed by atoms with E-state index in [1.54, 1.807) is 54.6 Å². The maximum Gasteiger partial charge on any atom is 0.344 e. The number of benzene rings is 4. The second-order valence-electron chi connectivity index (χ2n) is 9.62. The Balaban J connectivity index is 1.29. The van der Waals surface area contributed by atoms with Gasteiger partial charge in [0.25, 0.3) is 5.91 Å². The van der Waals surface area contributed by atoms with E-state index in [0.717, 1.165) is 10.9 Å². The van der Waals surface area contributed by atoms with Crippen molar-refractivity contribution in [2.24, 2.45) is 0 Å². The summed E-state index contributed by atoms with van der Waals surface area (Å²) in [7, 11) is 0. The zero-order valence-corrected chi connectivity index (χ0v) is 22.0. The van der Waals surface area contributed by atoms with Crippen molar-refractivity contribution < 1.29 is 13.6 Å². The van der Waals surface area contributed by atoms with Crippen LogP contribution >= 0.6 is 11.6 Å². The highest BCUT2D eigenvalue weighted by Gasteiger charge is 2.15. The molecule has 2 aromatic heterocycles. The first-order valence-corrected chi connectivity index (χ1v) is 12.9. The molecule has 6 nitrogen and oxygen atoms in total. The number of rotatable bonds is 5. The molecule has 6 rings (SSSR count). The standard InChI is InChI=1S/C32H23ClN2O4/c1-18(2)19-11-13-29-27(16-19)35-31(38-29)23-10-12-25(33)26(17-23)34-30(36)22-8-5-7-20(14-22)24-15-21-6-3-4-9-28(21)39-32(24)37/h3-18H,1-2H3,(H,34,36). The summed E-state index contributed by atoms with van der Waals surface area (Å²) in [5.41, 5.74) is 5.08. The van der Waals surface area contributed by atoms with Gasteiger partial charge in [-0.1, -0.05) is 61.8 Å². The fraction of sp³-hybridized carbons (Fsp3) is 0.0938. The van der Waals surface area contributed by atoms with Crippen molar-refractivity contribution in [2.75, 3.05) is 5.32 Å². The van der Waals surface area contributed by atoms with E-state index in [-0.39, 0.29) is 5.91 Å². The summed E-state index contributed by atoms with van der Waals surface area (Å²) in [5.74, 6) is 0.435. The van der Waals surface area contributed by atoms with Gasteiger partial charge >= 0.3 is 5.63 Å². The lowest BCUT2D eigenvalue weighted by Gasteiger charge is -2.10. The smallest absolute Gasteiger partial charge is 0.344 e. The van der Waals surface area contributed by atoms with Crippen molar-refractivity contribution in [1.29, 1.82) is 0 Å². The van der Waals surface area contributed by atoms with Crippen LogP contribution in [0.25, 0.3) is 44.7 Å². The van der Waals surface area contributed by atoms with Crippen LogP contribution in [0.4, 0.5) is 5.69 Å². The number of amides is 1. The number of halogens is 1. The normalized spacial score (nSPS) is 11.4. The lowest BCUT2D eigenvalue weighted by atomic mass is 10.0. The molecule has 0 saturated heterocycles. The van der Waals surface area contributed by atoms with Crippen molar-refractivity contribution in [1.82, 2.24) is 4.98 Å². The Hall–Kier alpha value is -4.68. The molecule has 0 bridgehead atoms. The molecule has 0 aliphatic carbocycles. The average molecular weight is 535 g/mol. The average Bonchev–Trinajstić information content (AvgIpc) is 3.37. The summed E-state index contributed by atoms with van der Waals surface area (Å²) in [5, 5.41) is 4.04. The van der Waals surface area contributed by atoms with E-state index >= 15 is 0 Å². The second kappa shape index (κ2) is 9.89. The first kappa shape index (κ1) is 24.6. The largest absolute Gasteiger partial charge is 0.436 e. The number of anilines is 1. The van der Waals surface area contributed by atoms with E-state index in [0.29, 0.717) is 55.9 Å². The monoisotopic (exact) mass is 534 g/mol. The van der Waals surface area contributed by atoms with Gasteiger partial charge in [0.15, 0.2) is 5.58 Å². The number of aromatic nitrogens is 1. The quantitative estimate of drug-likeness (QED) is 0.225. The van der Waals surface area contributed by atoms with Crippen molar-refractivity contribution in [3.8, 4) is 22.6 Å². The Morgan fingerprint density at radius 1 is 0.846 bits per heavy atom. The van der Waals surface area contributed by atoms with E-state index < -0.39 is 5.63 Å². The van der Waals surface area contributed by atoms with E-state index in [2.05, 4.69) is 24.1 Å². The summed E-state index contributed by atoms with van der Waals surface area (Å²) in [6.45, 7) is 4.26. The number of carbonyl (C=O) groups is 1. The molecule has 0 saturated carbocycles. The minimum absolute atomic E-state index is 0.365. The second-order valence-corrected chi connectivity index (χ2v) is 10.0. The molecule has 4 aromatic carbocycles. The molecule has 0 atom stereocenters. The number of nitrogens with zero attached hydrogens (tertiary/aromatic N) is 1. The van der Waals surface area contributed by atoms with Gasteiger partial charge in [-0.2, -0.15) is 0 Å². The maximum absolute atomic E-state index is 13.2. The number of fused-ring (bicyclic) bond motifs is 2. The summed E-state index contributed by atoms with van der Waals surface area (Å²) in [4.78, 5) is 30.5. The van der Waals surface area contributed by atoms with E-state index in [9.17, 15) is 9.59 Å². The van der Waals surface area contributed by atoms with Crippen LogP contribution in [0.1, 0.15) is 35.7 Å². The number of carbonyl (C=O) groups excluding carboxylic acids is 1. The summed E-state index contributed by atoms with van der Waals surface area (Å²) >= 11 is 6.43. The Bertz CT molecular complexity index is 1940. The Morgan fingerprint density at radius 2 is 1.69 bits per heavy atom. The van der Waals surface area contributed by atoms with Crippen molar-refractivity contribution in [3.05, 3.63) is 118 Å². The molecule has 0 radical (unpaired) electrons. The third kappa shape index (κ3) is 4.82. The minimum atomic E-state index is -0.471. The first-order valence-electron chi connectivity index (χ1n) is 12.5. The van der Waals surface area contributed by atoms with Gasteiger partial charge in [-0.3, -0.25) is 4.79 Å². The maximum atomic E-state index is 13.2. The van der Waals surface area contributed by atoms with Gasteiger partial charge in [0.2, 0.25) is 5.89 Å². The van der Waals surface area contributed by atoms with Crippen LogP contribution in [-0.2, 0) is 0 Å². The molecule has 1 amide bonds. The van der Waals surface area contributed by atoms with Gasteiger partial charge < -0.3 is 14.2 Å². The zero-order valence-electron chi connectivity index (χ0n) is 21.2. The van der Waals surface area contributed by atoms with Gasteiger partial charge in [0, 0.05) is 16.5 Å². The molecular weight excluding hydrogens is 512 g/mol. The number of oxazole rings is 1. The highest BCUT2D eigenvalue weighted by atomic mass is 35.5. The third-order valence-corrected chi connectivity index (χ3v) is 6.95. The molecule has 7 heteroatoms. The SMILES string of the molecule is CC(C)c1ccc2oc(-c3ccc(Cl)c(NC(=O)c4cccc(-c5cc6ccccc6oc5=O)c4)c3)nc2c1. The molecular formula is C32H23ClN2O4. The van der Waals surface area contributed by atoms with Gasteiger partial charge in [-0.15, -0.1) is 0 Å². The highest BCUT2D eigenvalue weighted by Crippen LogP contribution is 2.32. The van der Waals surface area contributed by atoms with Crippen LogP contribution in [0.3, 0.4) is 0 Å². The zero-order chi connectivity index (χ0) is 27.1. The minimum Gasteiger partial charge on any atom is -0.436 e. The fourth-order valence-corrected chi connectivity index (χ4v) is 4.63. The Morgan fingerprint density at radius 3 is 2.54 bits per heavy atom. The molecule has 2 heterocycles. The molecule has 1 N–H and O–H groups in total. The van der Waals surface area contributed by atoms with Gasteiger partial charge in [-0.05, 0) is 71.6 Å². The van der Waals surface area contributed by atoms with Crippen molar-refractivity contribution >= 4 is 45.3 Å². The lowest BCUT2D eigenvalue weighted by molar-refractivity contribution is 0.102. The molecule has 0 spiro atoms. The van der Waals surface area contributed by atoms with E-state index in [1.165, 1.54) is 5.56 Å². The molecule has 6 aromatic rings. The lowest BCUT2D eigenvalue weighted by Crippen LogP contribution is -2.12. The van der Waals surface area contributed by atoms with Gasteiger partial charge in [-0.25, -0.2) is 9.78 Å². The summed E-state index contributed by atoms with van der Waals surface area (Å²) < 4.78 is 11.4. The molecule has 39 heavy (non-hydrogen) atoms. The predicted molar refractivity (Wildman–Crippen MR) is 154 cm³/mol. The van der Waals surface area contributed by atoms with Crippen LogP contribution < -0.4 is 10.9 Å². The Labute approximate surface area is 228 Å². The summed E-state index contributed by atoms with van der Waals surface area (Å²) in [6.07, 6.45) is 0. The highest BCUT2D eigenvalue weighted by molar-refractivity contribution is 6.34. The molecule has 192 valence electrons. The van der Waals surface area contributed by atoms with Crippen LogP contribution in [0.15, 0.2) is 105 Å². The predicted octanol–water partition coefficient (Wildman–Crippen LogP) is 8.30. The summed E-state index contributed by atoms with van der Waals surface area (Å²) in [6, 6.07) is 27.1. The van der Waals surface area contributed by atoms with Crippen LogP contribution in [0, 0.1) is 0 Å².